The highest BCUT2D eigenvalue weighted by atomic mass is 19.1. The Balaban J connectivity index is 2.20. The molecule has 72 valence electrons. The zero-order chi connectivity index (χ0) is 9.76. The van der Waals surface area contributed by atoms with Crippen LogP contribution in [0.5, 0.6) is 0 Å². The van der Waals surface area contributed by atoms with Crippen molar-refractivity contribution in [2.75, 3.05) is 5.73 Å². The minimum atomic E-state index is -1.20. The minimum absolute atomic E-state index is 0.443. The van der Waals surface area contributed by atoms with Gasteiger partial charge in [0.1, 0.15) is 5.82 Å². The number of hydrogen-bond donors (Lipinski definition) is 2. The van der Waals surface area contributed by atoms with E-state index in [-0.39, 0.29) is 0 Å². The topological polar surface area (TPSA) is 54.7 Å². The summed E-state index contributed by atoms with van der Waals surface area (Å²) in [5, 5.41) is 0. The number of anilines is 1. The van der Waals surface area contributed by atoms with E-state index in [1.54, 1.807) is 18.2 Å². The SMILES string of the molecule is Nc1ccc2nc(C3(F)CC3)[nH]c2c1. The molecule has 1 saturated carbocycles. The molecule has 0 radical (unpaired) electrons. The maximum Gasteiger partial charge on any atom is 0.168 e. The second-order valence-electron chi connectivity index (χ2n) is 3.83. The second kappa shape index (κ2) is 2.26. The first-order chi connectivity index (χ1) is 6.67. The van der Waals surface area contributed by atoms with Crippen molar-refractivity contribution in [1.29, 1.82) is 0 Å². The molecular formula is C10H10FN3. The lowest BCUT2D eigenvalue weighted by Crippen LogP contribution is -1.99. The van der Waals surface area contributed by atoms with Crippen molar-refractivity contribution >= 4 is 16.7 Å². The van der Waals surface area contributed by atoms with Crippen LogP contribution in [-0.4, -0.2) is 9.97 Å². The highest BCUT2D eigenvalue weighted by molar-refractivity contribution is 5.79. The summed E-state index contributed by atoms with van der Waals surface area (Å²) in [7, 11) is 0. The van der Waals surface area contributed by atoms with Gasteiger partial charge in [-0.05, 0) is 31.0 Å². The fraction of sp³-hybridized carbons (Fsp3) is 0.300. The normalized spacial score (nSPS) is 18.6. The molecule has 0 atom stereocenters. The van der Waals surface area contributed by atoms with Crippen LogP contribution in [0, 0.1) is 0 Å². The van der Waals surface area contributed by atoms with E-state index in [0.717, 1.165) is 11.0 Å². The minimum Gasteiger partial charge on any atom is -0.399 e. The summed E-state index contributed by atoms with van der Waals surface area (Å²) >= 11 is 0. The zero-order valence-electron chi connectivity index (χ0n) is 7.55. The molecule has 1 aliphatic rings. The third kappa shape index (κ3) is 0.999. The van der Waals surface area contributed by atoms with Crippen LogP contribution in [0.25, 0.3) is 11.0 Å². The van der Waals surface area contributed by atoms with Crippen LogP contribution in [-0.2, 0) is 5.67 Å². The van der Waals surface area contributed by atoms with E-state index in [1.165, 1.54) is 0 Å². The molecule has 1 fully saturated rings. The number of nitrogens with zero attached hydrogens (tertiary/aromatic N) is 1. The molecule has 0 amide bonds. The number of nitrogens with one attached hydrogen (secondary N) is 1. The van der Waals surface area contributed by atoms with Crippen molar-refractivity contribution < 1.29 is 4.39 Å². The van der Waals surface area contributed by atoms with Gasteiger partial charge in [-0.3, -0.25) is 0 Å². The smallest absolute Gasteiger partial charge is 0.168 e. The number of rotatable bonds is 1. The predicted molar refractivity (Wildman–Crippen MR) is 52.5 cm³/mol. The Morgan fingerprint density at radius 1 is 1.43 bits per heavy atom. The van der Waals surface area contributed by atoms with Gasteiger partial charge in [-0.2, -0.15) is 0 Å². The monoisotopic (exact) mass is 191 g/mol. The van der Waals surface area contributed by atoms with Gasteiger partial charge in [0.15, 0.2) is 5.67 Å². The predicted octanol–water partition coefficient (Wildman–Crippen LogP) is 2.10. The number of halogens is 1. The molecule has 1 heterocycles. The molecule has 14 heavy (non-hydrogen) atoms. The van der Waals surface area contributed by atoms with E-state index in [1.807, 2.05) is 0 Å². The quantitative estimate of drug-likeness (QED) is 0.678. The number of aromatic nitrogens is 2. The second-order valence-corrected chi connectivity index (χ2v) is 3.83. The summed E-state index contributed by atoms with van der Waals surface area (Å²) in [4.78, 5) is 7.17. The molecule has 1 aromatic heterocycles. The Labute approximate surface area is 80.1 Å². The van der Waals surface area contributed by atoms with Crippen molar-refractivity contribution in [2.24, 2.45) is 0 Å². The van der Waals surface area contributed by atoms with Crippen molar-refractivity contribution in [3.8, 4) is 0 Å². The van der Waals surface area contributed by atoms with Crippen LogP contribution in [0.15, 0.2) is 18.2 Å². The Bertz CT molecular complexity index is 499. The lowest BCUT2D eigenvalue weighted by molar-refractivity contribution is 0.303. The van der Waals surface area contributed by atoms with Gasteiger partial charge in [0.05, 0.1) is 11.0 Å². The molecule has 0 spiro atoms. The lowest BCUT2D eigenvalue weighted by Gasteiger charge is -1.96. The van der Waals surface area contributed by atoms with E-state index in [4.69, 9.17) is 5.73 Å². The number of H-pyrrole nitrogens is 1. The first-order valence-corrected chi connectivity index (χ1v) is 4.62. The molecule has 2 aromatic rings. The van der Waals surface area contributed by atoms with Crippen LogP contribution >= 0.6 is 0 Å². The number of alkyl halides is 1. The third-order valence-corrected chi connectivity index (χ3v) is 2.62. The fourth-order valence-corrected chi connectivity index (χ4v) is 1.59. The molecule has 0 unspecified atom stereocenters. The molecule has 1 aliphatic carbocycles. The first-order valence-electron chi connectivity index (χ1n) is 4.62. The summed E-state index contributed by atoms with van der Waals surface area (Å²) in [5.74, 6) is 0.443. The average Bonchev–Trinajstić information content (AvgIpc) is 2.77. The van der Waals surface area contributed by atoms with Crippen LogP contribution in [0.3, 0.4) is 0 Å². The molecule has 1 aromatic carbocycles. The molecule has 3 rings (SSSR count). The van der Waals surface area contributed by atoms with Crippen LogP contribution in [0.4, 0.5) is 10.1 Å². The van der Waals surface area contributed by atoms with Gasteiger partial charge in [0.25, 0.3) is 0 Å². The average molecular weight is 191 g/mol. The number of aromatic amines is 1. The number of imidazole rings is 1. The lowest BCUT2D eigenvalue weighted by atomic mass is 10.3. The van der Waals surface area contributed by atoms with E-state index in [9.17, 15) is 4.39 Å². The summed E-state index contributed by atoms with van der Waals surface area (Å²) in [5.41, 5.74) is 6.66. The molecule has 3 nitrogen and oxygen atoms in total. The van der Waals surface area contributed by atoms with E-state index >= 15 is 0 Å². The molecule has 3 N–H and O–H groups in total. The molecule has 0 saturated heterocycles. The van der Waals surface area contributed by atoms with Crippen LogP contribution in [0.2, 0.25) is 0 Å². The summed E-state index contributed by atoms with van der Waals surface area (Å²) in [6, 6.07) is 5.35. The Hall–Kier alpha value is -1.58. The Morgan fingerprint density at radius 3 is 2.93 bits per heavy atom. The van der Waals surface area contributed by atoms with Gasteiger partial charge < -0.3 is 10.7 Å². The molecule has 0 aliphatic heterocycles. The summed E-state index contributed by atoms with van der Waals surface area (Å²) in [6.45, 7) is 0. The first kappa shape index (κ1) is 7.79. The highest BCUT2D eigenvalue weighted by Gasteiger charge is 2.47. The molecule has 0 bridgehead atoms. The molecular weight excluding hydrogens is 181 g/mol. The Morgan fingerprint density at radius 2 is 2.21 bits per heavy atom. The number of nitrogen functional groups attached to an aromatic ring is 1. The van der Waals surface area contributed by atoms with E-state index < -0.39 is 5.67 Å². The van der Waals surface area contributed by atoms with Gasteiger partial charge in [-0.25, -0.2) is 9.37 Å². The number of benzene rings is 1. The zero-order valence-corrected chi connectivity index (χ0v) is 7.55. The van der Waals surface area contributed by atoms with Crippen molar-refractivity contribution in [1.82, 2.24) is 9.97 Å². The van der Waals surface area contributed by atoms with Gasteiger partial charge in [0.2, 0.25) is 0 Å². The number of hydrogen-bond acceptors (Lipinski definition) is 2. The van der Waals surface area contributed by atoms with Crippen LogP contribution in [0.1, 0.15) is 18.7 Å². The van der Waals surface area contributed by atoms with Crippen molar-refractivity contribution in [2.45, 2.75) is 18.5 Å². The molecule has 4 heteroatoms. The van der Waals surface area contributed by atoms with Gasteiger partial charge in [-0.15, -0.1) is 0 Å². The largest absolute Gasteiger partial charge is 0.399 e. The summed E-state index contributed by atoms with van der Waals surface area (Å²) < 4.78 is 13.6. The van der Waals surface area contributed by atoms with E-state index in [0.29, 0.717) is 24.4 Å². The maximum absolute atomic E-state index is 13.6. The fourth-order valence-electron chi connectivity index (χ4n) is 1.59. The van der Waals surface area contributed by atoms with Gasteiger partial charge in [-0.1, -0.05) is 0 Å². The van der Waals surface area contributed by atoms with Gasteiger partial charge in [0, 0.05) is 5.69 Å². The van der Waals surface area contributed by atoms with E-state index in [2.05, 4.69) is 9.97 Å². The third-order valence-electron chi connectivity index (χ3n) is 2.62. The number of fused-ring (bicyclic) bond motifs is 1. The van der Waals surface area contributed by atoms with Crippen molar-refractivity contribution in [3.63, 3.8) is 0 Å². The Kier molecular flexibility index (Phi) is 1.26. The van der Waals surface area contributed by atoms with Gasteiger partial charge >= 0.3 is 0 Å². The number of nitrogens with two attached hydrogens (primary N) is 1. The van der Waals surface area contributed by atoms with Crippen molar-refractivity contribution in [3.05, 3.63) is 24.0 Å². The maximum atomic E-state index is 13.6. The van der Waals surface area contributed by atoms with Crippen LogP contribution < -0.4 is 5.73 Å². The standard InChI is InChI=1S/C10H10FN3/c11-10(3-4-10)9-13-7-2-1-6(12)5-8(7)14-9/h1-2,5H,3-4,12H2,(H,13,14). The summed E-state index contributed by atoms with van der Waals surface area (Å²) in [6.07, 6.45) is 1.14. The highest BCUT2D eigenvalue weighted by Crippen LogP contribution is 2.48.